The van der Waals surface area contributed by atoms with Gasteiger partial charge in [0.1, 0.15) is 6.54 Å². The van der Waals surface area contributed by atoms with Gasteiger partial charge in [0.15, 0.2) is 16.5 Å². The molecule has 0 spiro atoms. The van der Waals surface area contributed by atoms with E-state index in [2.05, 4.69) is 10.3 Å². The topological polar surface area (TPSA) is 103 Å². The Balaban J connectivity index is 1.38. The number of para-hydroxylation sites is 1. The first-order chi connectivity index (χ1) is 15.9. The second-order valence-corrected chi connectivity index (χ2v) is 9.34. The van der Waals surface area contributed by atoms with Crippen LogP contribution in [-0.2, 0) is 34.3 Å². The van der Waals surface area contributed by atoms with Gasteiger partial charge in [-0.1, -0.05) is 24.3 Å². The van der Waals surface area contributed by atoms with Crippen molar-refractivity contribution in [1.82, 2.24) is 14.9 Å². The number of hydrogen-bond donors (Lipinski definition) is 1. The SMILES string of the molecule is CCOc1ccc(CNC(=O)Cn2cnc(S(=O)(=O)N3CCc4ccccc43)c2)cc1OC. The fourth-order valence-electron chi connectivity index (χ4n) is 3.75. The first kappa shape index (κ1) is 22.7. The molecule has 0 atom stereocenters. The molecule has 0 radical (unpaired) electrons. The summed E-state index contributed by atoms with van der Waals surface area (Å²) in [5, 5.41) is 2.74. The minimum atomic E-state index is -3.80. The number of anilines is 1. The van der Waals surface area contributed by atoms with Gasteiger partial charge in [-0.15, -0.1) is 0 Å². The Kier molecular flexibility index (Phi) is 6.55. The lowest BCUT2D eigenvalue weighted by Gasteiger charge is -2.17. The molecule has 0 saturated carbocycles. The fourth-order valence-corrected chi connectivity index (χ4v) is 5.19. The van der Waals surface area contributed by atoms with Crippen LogP contribution in [0.25, 0.3) is 0 Å². The number of methoxy groups -OCH3 is 1. The van der Waals surface area contributed by atoms with Crippen LogP contribution in [0.3, 0.4) is 0 Å². The van der Waals surface area contributed by atoms with E-state index in [0.717, 1.165) is 11.1 Å². The number of carbonyl (C=O) groups is 1. The maximum Gasteiger partial charge on any atom is 0.283 e. The summed E-state index contributed by atoms with van der Waals surface area (Å²) in [4.78, 5) is 16.5. The van der Waals surface area contributed by atoms with E-state index in [0.29, 0.717) is 43.3 Å². The van der Waals surface area contributed by atoms with Gasteiger partial charge in [0.25, 0.3) is 10.0 Å². The minimum absolute atomic E-state index is 0.0483. The van der Waals surface area contributed by atoms with Crippen molar-refractivity contribution >= 4 is 21.6 Å². The number of ether oxygens (including phenoxy) is 2. The number of sulfonamides is 1. The van der Waals surface area contributed by atoms with Crippen molar-refractivity contribution in [2.75, 3.05) is 24.6 Å². The highest BCUT2D eigenvalue weighted by molar-refractivity contribution is 7.92. The van der Waals surface area contributed by atoms with E-state index in [1.165, 1.54) is 21.4 Å². The number of aromatic nitrogens is 2. The van der Waals surface area contributed by atoms with Crippen LogP contribution >= 0.6 is 0 Å². The van der Waals surface area contributed by atoms with Gasteiger partial charge in [-0.3, -0.25) is 9.10 Å². The van der Waals surface area contributed by atoms with Crippen molar-refractivity contribution in [3.63, 3.8) is 0 Å². The molecule has 4 rings (SSSR count). The summed E-state index contributed by atoms with van der Waals surface area (Å²) in [5.41, 5.74) is 2.52. The van der Waals surface area contributed by atoms with Crippen LogP contribution in [-0.4, -0.2) is 44.1 Å². The van der Waals surface area contributed by atoms with Gasteiger partial charge < -0.3 is 19.4 Å². The first-order valence-corrected chi connectivity index (χ1v) is 12.0. The lowest BCUT2D eigenvalue weighted by molar-refractivity contribution is -0.121. The predicted octanol–water partition coefficient (Wildman–Crippen LogP) is 2.36. The number of imidazole rings is 1. The molecule has 0 aliphatic carbocycles. The smallest absolute Gasteiger partial charge is 0.283 e. The van der Waals surface area contributed by atoms with Gasteiger partial charge in [0.2, 0.25) is 5.91 Å². The van der Waals surface area contributed by atoms with Crippen molar-refractivity contribution in [1.29, 1.82) is 0 Å². The summed E-state index contributed by atoms with van der Waals surface area (Å²) < 4.78 is 39.8. The first-order valence-electron chi connectivity index (χ1n) is 10.6. The summed E-state index contributed by atoms with van der Waals surface area (Å²) in [5.74, 6) is 0.968. The van der Waals surface area contributed by atoms with Crippen molar-refractivity contribution in [3.8, 4) is 11.5 Å². The Morgan fingerprint density at radius 1 is 1.18 bits per heavy atom. The number of hydrogen-bond acceptors (Lipinski definition) is 6. The largest absolute Gasteiger partial charge is 0.493 e. The quantitative estimate of drug-likeness (QED) is 0.515. The monoisotopic (exact) mass is 470 g/mol. The van der Waals surface area contributed by atoms with Crippen LogP contribution in [0.4, 0.5) is 5.69 Å². The predicted molar refractivity (Wildman–Crippen MR) is 123 cm³/mol. The van der Waals surface area contributed by atoms with Crippen molar-refractivity contribution in [2.45, 2.75) is 31.5 Å². The Bertz CT molecular complexity index is 1260. The minimum Gasteiger partial charge on any atom is -0.493 e. The van der Waals surface area contributed by atoms with E-state index in [1.807, 2.05) is 31.2 Å². The number of nitrogens with zero attached hydrogens (tertiary/aromatic N) is 3. The molecule has 1 amide bonds. The zero-order valence-corrected chi connectivity index (χ0v) is 19.3. The van der Waals surface area contributed by atoms with Gasteiger partial charge in [0.05, 0.1) is 25.7 Å². The Morgan fingerprint density at radius 2 is 2.00 bits per heavy atom. The molecule has 174 valence electrons. The normalized spacial score (nSPS) is 13.0. The molecule has 33 heavy (non-hydrogen) atoms. The molecule has 1 aliphatic rings. The molecular weight excluding hydrogens is 444 g/mol. The van der Waals surface area contributed by atoms with Crippen LogP contribution in [0.5, 0.6) is 11.5 Å². The Hall–Kier alpha value is -3.53. The number of fused-ring (bicyclic) bond motifs is 1. The Labute approximate surface area is 193 Å². The molecule has 2 aromatic carbocycles. The van der Waals surface area contributed by atoms with E-state index < -0.39 is 10.0 Å². The van der Waals surface area contributed by atoms with E-state index >= 15 is 0 Å². The van der Waals surface area contributed by atoms with Crippen LogP contribution in [0.15, 0.2) is 60.0 Å². The number of nitrogens with one attached hydrogen (secondary N) is 1. The zero-order chi connectivity index (χ0) is 23.4. The standard InChI is InChI=1S/C23H26N4O5S/c1-3-32-20-9-8-17(12-21(20)31-2)13-24-22(28)14-26-15-23(25-16-26)33(29,30)27-11-10-18-6-4-5-7-19(18)27/h4-9,12,15-16H,3,10-11,13-14H2,1-2H3,(H,24,28). The summed E-state index contributed by atoms with van der Waals surface area (Å²) in [6.45, 7) is 3.05. The molecule has 1 N–H and O–H groups in total. The van der Waals surface area contributed by atoms with Crippen LogP contribution < -0.4 is 19.1 Å². The van der Waals surface area contributed by atoms with Crippen LogP contribution in [0.2, 0.25) is 0 Å². The number of benzene rings is 2. The summed E-state index contributed by atoms with van der Waals surface area (Å²) in [7, 11) is -2.23. The van der Waals surface area contributed by atoms with Crippen LogP contribution in [0, 0.1) is 0 Å². The highest BCUT2D eigenvalue weighted by atomic mass is 32.2. The van der Waals surface area contributed by atoms with Gasteiger partial charge in [-0.25, -0.2) is 4.98 Å². The molecule has 1 aliphatic heterocycles. The molecule has 10 heteroatoms. The van der Waals surface area contributed by atoms with E-state index in [4.69, 9.17) is 9.47 Å². The summed E-state index contributed by atoms with van der Waals surface area (Å²) in [6.07, 6.45) is 3.40. The number of amides is 1. The molecule has 1 aromatic heterocycles. The molecule has 0 saturated heterocycles. The molecular formula is C23H26N4O5S. The third kappa shape index (κ3) is 4.80. The van der Waals surface area contributed by atoms with Gasteiger partial charge in [-0.05, 0) is 42.7 Å². The van der Waals surface area contributed by atoms with Crippen LogP contribution in [0.1, 0.15) is 18.1 Å². The highest BCUT2D eigenvalue weighted by Crippen LogP contribution is 2.32. The maximum absolute atomic E-state index is 13.1. The van der Waals surface area contributed by atoms with E-state index in [-0.39, 0.29) is 17.5 Å². The maximum atomic E-state index is 13.1. The molecule has 0 bridgehead atoms. The second kappa shape index (κ2) is 9.53. The zero-order valence-electron chi connectivity index (χ0n) is 18.5. The average molecular weight is 471 g/mol. The van der Waals surface area contributed by atoms with Crippen molar-refractivity contribution in [3.05, 3.63) is 66.1 Å². The molecule has 0 unspecified atom stereocenters. The third-order valence-corrected chi connectivity index (χ3v) is 7.05. The molecule has 3 aromatic rings. The van der Waals surface area contributed by atoms with Crippen molar-refractivity contribution < 1.29 is 22.7 Å². The molecule has 2 heterocycles. The lowest BCUT2D eigenvalue weighted by atomic mass is 10.2. The number of carbonyl (C=O) groups excluding carboxylic acids is 1. The van der Waals surface area contributed by atoms with Gasteiger partial charge in [-0.2, -0.15) is 8.42 Å². The average Bonchev–Trinajstić information content (AvgIpc) is 3.46. The third-order valence-electron chi connectivity index (χ3n) is 5.35. The Morgan fingerprint density at radius 3 is 2.79 bits per heavy atom. The van der Waals surface area contributed by atoms with E-state index in [9.17, 15) is 13.2 Å². The molecule has 0 fully saturated rings. The highest BCUT2D eigenvalue weighted by Gasteiger charge is 2.32. The fraction of sp³-hybridized carbons (Fsp3) is 0.304. The second-order valence-electron chi connectivity index (χ2n) is 7.54. The van der Waals surface area contributed by atoms with Gasteiger partial charge in [0, 0.05) is 19.3 Å². The van der Waals surface area contributed by atoms with Gasteiger partial charge >= 0.3 is 0 Å². The lowest BCUT2D eigenvalue weighted by Crippen LogP contribution is -2.29. The van der Waals surface area contributed by atoms with Crippen molar-refractivity contribution in [2.24, 2.45) is 0 Å². The molecule has 9 nitrogen and oxygen atoms in total. The summed E-state index contributed by atoms with van der Waals surface area (Å²) in [6, 6.07) is 12.9. The van der Waals surface area contributed by atoms with E-state index in [1.54, 1.807) is 25.3 Å². The number of rotatable bonds is 9. The summed E-state index contributed by atoms with van der Waals surface area (Å²) >= 11 is 0.